The summed E-state index contributed by atoms with van der Waals surface area (Å²) in [5.41, 5.74) is 5.40. The maximum Gasteiger partial charge on any atom is 0.472 e. The molecule has 0 spiro atoms. The van der Waals surface area contributed by atoms with Crippen LogP contribution in [-0.4, -0.2) is 49.9 Å². The summed E-state index contributed by atoms with van der Waals surface area (Å²) in [6, 6.07) is 0. The molecule has 0 bridgehead atoms. The predicted molar refractivity (Wildman–Crippen MR) is 289 cm³/mol. The van der Waals surface area contributed by atoms with Crippen molar-refractivity contribution in [2.75, 3.05) is 33.0 Å². The predicted octanol–water partition coefficient (Wildman–Crippen LogP) is 18.5. The number of phosphoric acid groups is 1. The molecule has 0 heterocycles. The quantitative estimate of drug-likeness (QED) is 0.0268. The average Bonchev–Trinajstić information content (AvgIpc) is 3.32. The van der Waals surface area contributed by atoms with Gasteiger partial charge in [0.05, 0.1) is 19.8 Å². The molecular weight excluding hydrogens is 854 g/mol. The number of phosphoric ester groups is 1. The van der Waals surface area contributed by atoms with E-state index >= 15 is 0 Å². The van der Waals surface area contributed by atoms with E-state index in [2.05, 4.69) is 50.3 Å². The molecule has 0 aromatic carbocycles. The summed E-state index contributed by atoms with van der Waals surface area (Å²) in [5, 5.41) is 0. The summed E-state index contributed by atoms with van der Waals surface area (Å²) in [4.78, 5) is 22.7. The topological polar surface area (TPSA) is 117 Å². The van der Waals surface area contributed by atoms with Crippen LogP contribution >= 0.6 is 7.82 Å². The zero-order chi connectivity index (χ0) is 48.7. The van der Waals surface area contributed by atoms with Crippen molar-refractivity contribution in [3.05, 3.63) is 36.5 Å². The highest BCUT2D eigenvalue weighted by Gasteiger charge is 2.25. The molecule has 9 heteroatoms. The van der Waals surface area contributed by atoms with E-state index in [1.54, 1.807) is 0 Å². The van der Waals surface area contributed by atoms with Crippen LogP contribution in [0.4, 0.5) is 0 Å². The van der Waals surface area contributed by atoms with Crippen molar-refractivity contribution in [2.45, 2.75) is 296 Å². The minimum Gasteiger partial charge on any atom is -0.457 e. The van der Waals surface area contributed by atoms with Gasteiger partial charge in [0.15, 0.2) is 0 Å². The molecule has 2 unspecified atom stereocenters. The van der Waals surface area contributed by atoms with Crippen LogP contribution in [0.2, 0.25) is 0 Å². The molecule has 67 heavy (non-hydrogen) atoms. The smallest absolute Gasteiger partial charge is 0.457 e. The first-order chi connectivity index (χ1) is 32.9. The maximum absolute atomic E-state index is 12.7. The molecule has 0 fully saturated rings. The Hall–Kier alpha value is -1.28. The van der Waals surface area contributed by atoms with Crippen molar-refractivity contribution in [2.24, 2.45) is 5.73 Å². The van der Waals surface area contributed by atoms with Crippen LogP contribution < -0.4 is 5.73 Å². The SMILES string of the molecule is CCCCCCC/C=C\C/C=C\C/C=C\CCCCCCCCCCCOCC(COP(=O)(O)OCCN)OC(=O)CCCCCCCCCCCCCCCCCCCCCCCCCC. The van der Waals surface area contributed by atoms with Crippen LogP contribution in [-0.2, 0) is 27.9 Å². The first-order valence-corrected chi connectivity index (χ1v) is 30.5. The van der Waals surface area contributed by atoms with Crippen LogP contribution in [0.15, 0.2) is 36.5 Å². The minimum atomic E-state index is -4.29. The second-order valence-corrected chi connectivity index (χ2v) is 21.0. The number of ether oxygens (including phenoxy) is 2. The molecule has 3 N–H and O–H groups in total. The Balaban J connectivity index is 3.87. The summed E-state index contributed by atoms with van der Waals surface area (Å²) in [7, 11) is -4.29. The molecule has 8 nitrogen and oxygen atoms in total. The second kappa shape index (κ2) is 55.6. The molecule has 0 rings (SSSR count). The van der Waals surface area contributed by atoms with E-state index in [0.29, 0.717) is 13.0 Å². The molecular formula is C58H112NO7P. The second-order valence-electron chi connectivity index (χ2n) is 19.5. The standard InChI is InChI=1S/C58H112NO7P/c1-3-5-7-9-11-13-15-17-19-21-23-25-27-29-31-33-35-37-39-41-43-45-47-49-51-58(60)66-57(56-65-67(61,62)64-54-52-59)55-63-53-50-48-46-44-42-40-38-36-34-32-30-28-26-24-22-20-18-16-14-12-10-8-6-4-2/h16,18,22,24,28,30,57H,3-15,17,19-21,23,25-27,29,31-56,59H2,1-2H3,(H,61,62)/b18-16-,24-22-,30-28-. The summed E-state index contributed by atoms with van der Waals surface area (Å²) in [5.74, 6) is -0.326. The number of carbonyl (C=O) groups excluding carboxylic acids is 1. The van der Waals surface area contributed by atoms with Gasteiger partial charge >= 0.3 is 13.8 Å². The van der Waals surface area contributed by atoms with Gasteiger partial charge in [0.25, 0.3) is 0 Å². The molecule has 0 aliphatic carbocycles. The van der Waals surface area contributed by atoms with Gasteiger partial charge < -0.3 is 20.1 Å². The Morgan fingerprint density at radius 1 is 0.448 bits per heavy atom. The lowest BCUT2D eigenvalue weighted by Gasteiger charge is -2.20. The molecule has 0 aliphatic heterocycles. The number of unbranched alkanes of at least 4 members (excludes halogenated alkanes) is 37. The Morgan fingerprint density at radius 3 is 1.18 bits per heavy atom. The lowest BCUT2D eigenvalue weighted by Crippen LogP contribution is -2.28. The number of allylic oxidation sites excluding steroid dienone is 6. The van der Waals surface area contributed by atoms with Crippen molar-refractivity contribution in [3.63, 3.8) is 0 Å². The van der Waals surface area contributed by atoms with Gasteiger partial charge in [-0.15, -0.1) is 0 Å². The number of nitrogens with two attached hydrogens (primary N) is 1. The molecule has 0 amide bonds. The van der Waals surface area contributed by atoms with Crippen LogP contribution in [0, 0.1) is 0 Å². The summed E-state index contributed by atoms with van der Waals surface area (Å²) in [6.45, 7) is 4.96. The van der Waals surface area contributed by atoms with Crippen molar-refractivity contribution < 1.29 is 32.8 Å². The highest BCUT2D eigenvalue weighted by molar-refractivity contribution is 7.47. The fourth-order valence-corrected chi connectivity index (χ4v) is 9.30. The molecule has 0 aliphatic rings. The van der Waals surface area contributed by atoms with Gasteiger partial charge in [0, 0.05) is 19.6 Å². The third kappa shape index (κ3) is 55.5. The maximum atomic E-state index is 12.7. The Bertz CT molecular complexity index is 1130. The van der Waals surface area contributed by atoms with E-state index in [-0.39, 0.29) is 32.3 Å². The Morgan fingerprint density at radius 2 is 0.791 bits per heavy atom. The molecule has 396 valence electrons. The van der Waals surface area contributed by atoms with Gasteiger partial charge in [-0.3, -0.25) is 13.8 Å². The average molecular weight is 967 g/mol. The van der Waals surface area contributed by atoms with Crippen LogP contribution in [0.3, 0.4) is 0 Å². The minimum absolute atomic E-state index is 0.0950. The number of esters is 1. The van der Waals surface area contributed by atoms with Crippen LogP contribution in [0.1, 0.15) is 290 Å². The number of hydrogen-bond donors (Lipinski definition) is 2. The normalized spacial score (nSPS) is 13.4. The van der Waals surface area contributed by atoms with Crippen molar-refractivity contribution in [3.8, 4) is 0 Å². The molecule has 0 saturated heterocycles. The number of carbonyl (C=O) groups is 1. The molecule has 2 atom stereocenters. The summed E-state index contributed by atoms with van der Waals surface area (Å²) in [6.07, 6.45) is 67.7. The van der Waals surface area contributed by atoms with Gasteiger partial charge in [-0.2, -0.15) is 0 Å². The highest BCUT2D eigenvalue weighted by Crippen LogP contribution is 2.43. The van der Waals surface area contributed by atoms with Crippen molar-refractivity contribution in [1.82, 2.24) is 0 Å². The van der Waals surface area contributed by atoms with Gasteiger partial charge in [-0.25, -0.2) is 4.57 Å². The van der Waals surface area contributed by atoms with Crippen LogP contribution in [0.5, 0.6) is 0 Å². The highest BCUT2D eigenvalue weighted by atomic mass is 31.2. The fraction of sp³-hybridized carbons (Fsp3) is 0.879. The number of hydrogen-bond acceptors (Lipinski definition) is 7. The van der Waals surface area contributed by atoms with E-state index < -0.39 is 13.9 Å². The van der Waals surface area contributed by atoms with E-state index in [4.69, 9.17) is 24.3 Å². The van der Waals surface area contributed by atoms with Crippen molar-refractivity contribution >= 4 is 13.8 Å². The fourth-order valence-electron chi connectivity index (χ4n) is 8.54. The molecule has 0 aromatic rings. The van der Waals surface area contributed by atoms with E-state index in [1.165, 1.54) is 225 Å². The lowest BCUT2D eigenvalue weighted by atomic mass is 10.0. The van der Waals surface area contributed by atoms with E-state index in [9.17, 15) is 14.3 Å². The van der Waals surface area contributed by atoms with Gasteiger partial charge in [0.2, 0.25) is 0 Å². The van der Waals surface area contributed by atoms with E-state index in [0.717, 1.165) is 44.9 Å². The van der Waals surface area contributed by atoms with Crippen LogP contribution in [0.25, 0.3) is 0 Å². The van der Waals surface area contributed by atoms with Gasteiger partial charge in [-0.1, -0.05) is 269 Å². The van der Waals surface area contributed by atoms with Gasteiger partial charge in [0.1, 0.15) is 6.10 Å². The summed E-state index contributed by atoms with van der Waals surface area (Å²) >= 11 is 0. The lowest BCUT2D eigenvalue weighted by molar-refractivity contribution is -0.154. The third-order valence-electron chi connectivity index (χ3n) is 12.8. The first kappa shape index (κ1) is 65.7. The summed E-state index contributed by atoms with van der Waals surface area (Å²) < 4.78 is 33.7. The monoisotopic (exact) mass is 966 g/mol. The largest absolute Gasteiger partial charge is 0.472 e. The Labute approximate surface area is 416 Å². The molecule has 0 saturated carbocycles. The zero-order valence-corrected chi connectivity index (χ0v) is 45.3. The van der Waals surface area contributed by atoms with Crippen molar-refractivity contribution in [1.29, 1.82) is 0 Å². The number of rotatable bonds is 56. The van der Waals surface area contributed by atoms with Gasteiger partial charge in [-0.05, 0) is 51.4 Å². The van der Waals surface area contributed by atoms with E-state index in [1.807, 2.05) is 0 Å². The Kier molecular flexibility index (Phi) is 54.6. The molecule has 0 aromatic heterocycles. The zero-order valence-electron chi connectivity index (χ0n) is 44.4. The first-order valence-electron chi connectivity index (χ1n) is 29.0. The third-order valence-corrected chi connectivity index (χ3v) is 13.8. The molecule has 0 radical (unpaired) electrons.